The van der Waals surface area contributed by atoms with Gasteiger partial charge in [-0.15, -0.1) is 12.4 Å². The third kappa shape index (κ3) is 4.75. The van der Waals surface area contributed by atoms with Gasteiger partial charge in [-0.25, -0.2) is 4.39 Å². The monoisotopic (exact) mass is 350 g/mol. The highest BCUT2D eigenvalue weighted by Crippen LogP contribution is 2.18. The van der Waals surface area contributed by atoms with E-state index in [-0.39, 0.29) is 18.3 Å². The van der Waals surface area contributed by atoms with Crippen molar-refractivity contribution in [2.75, 3.05) is 19.6 Å². The summed E-state index contributed by atoms with van der Waals surface area (Å²) < 4.78 is 13.7. The smallest absolute Gasteiger partial charge is 0.252 e. The van der Waals surface area contributed by atoms with Crippen molar-refractivity contribution in [3.63, 3.8) is 0 Å². The molecule has 1 atom stereocenters. The largest absolute Gasteiger partial charge is 0.352 e. The van der Waals surface area contributed by atoms with Gasteiger partial charge in [-0.2, -0.15) is 0 Å². The zero-order valence-corrected chi connectivity index (χ0v) is 12.8. The van der Waals surface area contributed by atoms with Gasteiger partial charge in [0.15, 0.2) is 0 Å². The molecule has 2 N–H and O–H groups in total. The highest BCUT2D eigenvalue weighted by molar-refractivity contribution is 9.10. The second-order valence-corrected chi connectivity index (χ2v) is 5.38. The molecule has 1 heterocycles. The van der Waals surface area contributed by atoms with E-state index < -0.39 is 5.82 Å². The lowest BCUT2D eigenvalue weighted by atomic mass is 10.1. The Hall–Kier alpha value is -0.650. The number of nitrogens with one attached hydrogen (secondary N) is 2. The van der Waals surface area contributed by atoms with Gasteiger partial charge in [-0.05, 0) is 66.0 Å². The predicted octanol–water partition coefficient (Wildman–Crippen LogP) is 2.74. The summed E-state index contributed by atoms with van der Waals surface area (Å²) in [6.45, 7) is 2.72. The fourth-order valence-electron chi connectivity index (χ4n) is 2.12. The van der Waals surface area contributed by atoms with Crippen molar-refractivity contribution >= 4 is 34.2 Å². The molecule has 0 aromatic heterocycles. The predicted molar refractivity (Wildman–Crippen MR) is 79.3 cm³/mol. The Bertz CT molecular complexity index is 439. The number of hydrogen-bond acceptors (Lipinski definition) is 2. The van der Waals surface area contributed by atoms with Gasteiger partial charge in [-0.1, -0.05) is 0 Å². The molecule has 0 spiro atoms. The van der Waals surface area contributed by atoms with Crippen LogP contribution in [-0.2, 0) is 0 Å². The molecule has 3 nitrogen and oxygen atoms in total. The van der Waals surface area contributed by atoms with Gasteiger partial charge in [0.25, 0.3) is 5.91 Å². The first kappa shape index (κ1) is 16.4. The van der Waals surface area contributed by atoms with Crippen molar-refractivity contribution in [1.29, 1.82) is 0 Å². The number of rotatable bonds is 4. The molecule has 0 bridgehead atoms. The van der Waals surface area contributed by atoms with Crippen LogP contribution in [0.4, 0.5) is 4.39 Å². The summed E-state index contributed by atoms with van der Waals surface area (Å²) in [7, 11) is 0. The zero-order chi connectivity index (χ0) is 13.0. The number of halogens is 3. The molecule has 1 aromatic carbocycles. The van der Waals surface area contributed by atoms with Crippen LogP contribution in [0.5, 0.6) is 0 Å². The molecular weight excluding hydrogens is 335 g/mol. The van der Waals surface area contributed by atoms with Crippen molar-refractivity contribution in [3.05, 3.63) is 34.1 Å². The normalized spacial score (nSPS) is 17.9. The maximum Gasteiger partial charge on any atom is 0.252 e. The lowest BCUT2D eigenvalue weighted by molar-refractivity contribution is 0.0950. The van der Waals surface area contributed by atoms with Crippen molar-refractivity contribution < 1.29 is 9.18 Å². The van der Waals surface area contributed by atoms with Gasteiger partial charge in [-0.3, -0.25) is 4.79 Å². The van der Waals surface area contributed by atoms with Crippen LogP contribution in [0.25, 0.3) is 0 Å². The summed E-state index contributed by atoms with van der Waals surface area (Å²) in [5, 5.41) is 6.12. The molecule has 1 fully saturated rings. The number of hydrogen-bond donors (Lipinski definition) is 2. The van der Waals surface area contributed by atoms with Crippen LogP contribution in [0, 0.1) is 11.7 Å². The average Bonchev–Trinajstić information content (AvgIpc) is 2.85. The van der Waals surface area contributed by atoms with Crippen molar-refractivity contribution in [1.82, 2.24) is 10.6 Å². The fourth-order valence-corrected chi connectivity index (χ4v) is 2.54. The first-order valence-corrected chi connectivity index (χ1v) is 6.90. The second-order valence-electron chi connectivity index (χ2n) is 4.53. The van der Waals surface area contributed by atoms with Crippen LogP contribution in [0.15, 0.2) is 22.7 Å². The van der Waals surface area contributed by atoms with Gasteiger partial charge in [0.05, 0.1) is 5.56 Å². The van der Waals surface area contributed by atoms with E-state index in [1.165, 1.54) is 18.6 Å². The first-order valence-electron chi connectivity index (χ1n) is 6.11. The van der Waals surface area contributed by atoms with E-state index in [9.17, 15) is 9.18 Å². The van der Waals surface area contributed by atoms with E-state index in [0.29, 0.717) is 22.5 Å². The standard InChI is InChI=1S/C13H16BrFN2O.ClH/c14-12-2-1-10(15)7-11(12)13(18)17-6-4-9-3-5-16-8-9;/h1-2,7,9,16H,3-6,8H2,(H,17,18);1H. The Morgan fingerprint density at radius 1 is 1.53 bits per heavy atom. The van der Waals surface area contributed by atoms with Crippen LogP contribution in [0.2, 0.25) is 0 Å². The molecule has 6 heteroatoms. The summed E-state index contributed by atoms with van der Waals surface area (Å²) in [4.78, 5) is 11.9. The molecule has 1 unspecified atom stereocenters. The van der Waals surface area contributed by atoms with E-state index in [0.717, 1.165) is 19.5 Å². The third-order valence-electron chi connectivity index (χ3n) is 3.17. The van der Waals surface area contributed by atoms with Crippen LogP contribution in [-0.4, -0.2) is 25.5 Å². The zero-order valence-electron chi connectivity index (χ0n) is 10.4. The van der Waals surface area contributed by atoms with Crippen LogP contribution in [0.3, 0.4) is 0 Å². The molecule has 0 saturated carbocycles. The Morgan fingerprint density at radius 3 is 3.00 bits per heavy atom. The van der Waals surface area contributed by atoms with Crippen molar-refractivity contribution in [2.24, 2.45) is 5.92 Å². The van der Waals surface area contributed by atoms with Gasteiger partial charge in [0.1, 0.15) is 5.82 Å². The van der Waals surface area contributed by atoms with Gasteiger partial charge in [0, 0.05) is 11.0 Å². The number of amides is 1. The summed E-state index contributed by atoms with van der Waals surface area (Å²) >= 11 is 3.25. The molecule has 1 aliphatic rings. The van der Waals surface area contributed by atoms with Gasteiger partial charge < -0.3 is 10.6 Å². The molecule has 2 rings (SSSR count). The molecule has 106 valence electrons. The molecule has 19 heavy (non-hydrogen) atoms. The summed E-state index contributed by atoms with van der Waals surface area (Å²) in [5.41, 5.74) is 0.347. The van der Waals surface area contributed by atoms with Crippen molar-refractivity contribution in [2.45, 2.75) is 12.8 Å². The van der Waals surface area contributed by atoms with E-state index in [2.05, 4.69) is 26.6 Å². The number of carbonyl (C=O) groups excluding carboxylic acids is 1. The molecule has 1 saturated heterocycles. The Kier molecular flexibility index (Phi) is 6.75. The SMILES string of the molecule is Cl.O=C(NCCC1CCNC1)c1cc(F)ccc1Br. The highest BCUT2D eigenvalue weighted by atomic mass is 79.9. The van der Waals surface area contributed by atoms with Crippen LogP contribution in [0.1, 0.15) is 23.2 Å². The van der Waals surface area contributed by atoms with Gasteiger partial charge >= 0.3 is 0 Å². The number of benzene rings is 1. The maximum atomic E-state index is 13.1. The lowest BCUT2D eigenvalue weighted by Crippen LogP contribution is -2.26. The van der Waals surface area contributed by atoms with Crippen LogP contribution < -0.4 is 10.6 Å². The maximum absolute atomic E-state index is 13.1. The molecule has 0 aliphatic carbocycles. The van der Waals surface area contributed by atoms with E-state index in [4.69, 9.17) is 0 Å². The van der Waals surface area contributed by atoms with Gasteiger partial charge in [0.2, 0.25) is 0 Å². The van der Waals surface area contributed by atoms with E-state index in [1.807, 2.05) is 0 Å². The van der Waals surface area contributed by atoms with Crippen LogP contribution >= 0.6 is 28.3 Å². The minimum atomic E-state index is -0.400. The molecular formula is C13H17BrClFN2O. The molecule has 0 radical (unpaired) electrons. The average molecular weight is 352 g/mol. The second kappa shape index (κ2) is 7.82. The quantitative estimate of drug-likeness (QED) is 0.876. The topological polar surface area (TPSA) is 41.1 Å². The summed E-state index contributed by atoms with van der Waals surface area (Å²) in [5.74, 6) is 0.0110. The Morgan fingerprint density at radius 2 is 2.32 bits per heavy atom. The number of carbonyl (C=O) groups is 1. The lowest BCUT2D eigenvalue weighted by Gasteiger charge is -2.10. The molecule has 1 aromatic rings. The third-order valence-corrected chi connectivity index (χ3v) is 3.87. The molecule has 1 amide bonds. The fraction of sp³-hybridized carbons (Fsp3) is 0.462. The Balaban J connectivity index is 0.00000180. The minimum Gasteiger partial charge on any atom is -0.352 e. The van der Waals surface area contributed by atoms with E-state index in [1.54, 1.807) is 6.07 Å². The first-order chi connectivity index (χ1) is 8.66. The highest BCUT2D eigenvalue weighted by Gasteiger charge is 2.15. The van der Waals surface area contributed by atoms with E-state index >= 15 is 0 Å². The summed E-state index contributed by atoms with van der Waals surface area (Å²) in [6.07, 6.45) is 2.13. The molecule has 1 aliphatic heterocycles. The summed E-state index contributed by atoms with van der Waals surface area (Å²) in [6, 6.07) is 4.12. The minimum absolute atomic E-state index is 0. The van der Waals surface area contributed by atoms with Crippen molar-refractivity contribution in [3.8, 4) is 0 Å². The Labute approximate surface area is 126 Å².